The molecule has 1 aliphatic rings. The van der Waals surface area contributed by atoms with Crippen LogP contribution in [-0.4, -0.2) is 46.7 Å². The average molecular weight is 376 g/mol. The Hall–Kier alpha value is -2.54. The predicted octanol–water partition coefficient (Wildman–Crippen LogP) is 3.91. The fourth-order valence-corrected chi connectivity index (χ4v) is 3.01. The number of halogens is 1. The molecular weight excluding hydrogens is 354 g/mol. The highest BCUT2D eigenvalue weighted by Crippen LogP contribution is 2.20. The first-order valence-electron chi connectivity index (χ1n) is 8.68. The molecule has 1 amide bonds. The largest absolute Gasteiger partial charge is 0.450 e. The first-order chi connectivity index (χ1) is 12.6. The maximum atomic E-state index is 11.7. The van der Waals surface area contributed by atoms with Crippen LogP contribution in [0.3, 0.4) is 0 Å². The average Bonchev–Trinajstić information content (AvgIpc) is 2.63. The molecule has 0 atom stereocenters. The van der Waals surface area contributed by atoms with E-state index >= 15 is 0 Å². The van der Waals surface area contributed by atoms with E-state index in [1.54, 1.807) is 17.2 Å². The van der Waals surface area contributed by atoms with Crippen molar-refractivity contribution in [3.63, 3.8) is 0 Å². The van der Waals surface area contributed by atoms with Crippen molar-refractivity contribution in [3.8, 4) is 0 Å². The van der Waals surface area contributed by atoms with Gasteiger partial charge < -0.3 is 20.3 Å². The molecule has 2 heterocycles. The fourth-order valence-electron chi connectivity index (χ4n) is 2.82. The summed E-state index contributed by atoms with van der Waals surface area (Å²) in [4.78, 5) is 22.3. The molecule has 1 aromatic heterocycles. The summed E-state index contributed by atoms with van der Waals surface area (Å²) < 4.78 is 5.04. The Kier molecular flexibility index (Phi) is 6.12. The lowest BCUT2D eigenvalue weighted by Crippen LogP contribution is -2.42. The number of nitrogens with one attached hydrogen (secondary N) is 2. The summed E-state index contributed by atoms with van der Waals surface area (Å²) in [6.07, 6.45) is 3.12. The van der Waals surface area contributed by atoms with Crippen molar-refractivity contribution in [1.82, 2.24) is 14.9 Å². The molecule has 2 aromatic rings. The summed E-state index contributed by atoms with van der Waals surface area (Å²) in [5.74, 6) is 1.25. The Labute approximate surface area is 157 Å². The Morgan fingerprint density at radius 2 is 2.15 bits per heavy atom. The Bertz CT molecular complexity index is 750. The van der Waals surface area contributed by atoms with E-state index in [-0.39, 0.29) is 12.1 Å². The molecule has 0 spiro atoms. The lowest BCUT2D eigenvalue weighted by molar-refractivity contribution is 0.0983. The Morgan fingerprint density at radius 1 is 1.35 bits per heavy atom. The highest BCUT2D eigenvalue weighted by molar-refractivity contribution is 6.30. The number of anilines is 3. The molecule has 8 heteroatoms. The zero-order chi connectivity index (χ0) is 18.4. The number of amides is 1. The molecule has 0 bridgehead atoms. The van der Waals surface area contributed by atoms with Gasteiger partial charge in [0.1, 0.15) is 5.82 Å². The van der Waals surface area contributed by atoms with Gasteiger partial charge in [-0.3, -0.25) is 0 Å². The molecule has 2 N–H and O–H groups in total. The van der Waals surface area contributed by atoms with E-state index in [2.05, 4.69) is 20.6 Å². The molecule has 0 aliphatic carbocycles. The van der Waals surface area contributed by atoms with Crippen molar-refractivity contribution >= 4 is 35.1 Å². The number of piperidine rings is 1. The van der Waals surface area contributed by atoms with Gasteiger partial charge in [-0.2, -0.15) is 4.98 Å². The van der Waals surface area contributed by atoms with Crippen LogP contribution in [0.5, 0.6) is 0 Å². The lowest BCUT2D eigenvalue weighted by Gasteiger charge is -2.31. The Morgan fingerprint density at radius 3 is 2.88 bits per heavy atom. The number of carbonyl (C=O) groups excluding carboxylic acids is 1. The van der Waals surface area contributed by atoms with Crippen LogP contribution in [0.2, 0.25) is 5.02 Å². The number of carbonyl (C=O) groups is 1. The van der Waals surface area contributed by atoms with E-state index in [1.807, 2.05) is 31.2 Å². The number of aromatic nitrogens is 2. The first kappa shape index (κ1) is 18.3. The van der Waals surface area contributed by atoms with Gasteiger partial charge in [-0.25, -0.2) is 9.78 Å². The van der Waals surface area contributed by atoms with E-state index in [9.17, 15) is 4.79 Å². The predicted molar refractivity (Wildman–Crippen MR) is 102 cm³/mol. The van der Waals surface area contributed by atoms with Gasteiger partial charge in [-0.15, -0.1) is 0 Å². The summed E-state index contributed by atoms with van der Waals surface area (Å²) in [7, 11) is 0. The molecule has 138 valence electrons. The van der Waals surface area contributed by atoms with E-state index in [0.29, 0.717) is 36.5 Å². The number of rotatable bonds is 5. The third-order valence-corrected chi connectivity index (χ3v) is 4.34. The molecule has 1 fully saturated rings. The summed E-state index contributed by atoms with van der Waals surface area (Å²) in [5.41, 5.74) is 0.866. The van der Waals surface area contributed by atoms with Crippen LogP contribution in [-0.2, 0) is 4.74 Å². The lowest BCUT2D eigenvalue weighted by atomic mass is 10.1. The number of hydrogen-bond donors (Lipinski definition) is 2. The number of nitrogens with zero attached hydrogens (tertiary/aromatic N) is 3. The minimum atomic E-state index is -0.241. The van der Waals surface area contributed by atoms with Gasteiger partial charge >= 0.3 is 6.09 Å². The van der Waals surface area contributed by atoms with Gasteiger partial charge in [0.2, 0.25) is 5.95 Å². The van der Waals surface area contributed by atoms with E-state index in [4.69, 9.17) is 16.3 Å². The molecule has 3 rings (SSSR count). The van der Waals surface area contributed by atoms with Crippen molar-refractivity contribution in [3.05, 3.63) is 41.6 Å². The zero-order valence-electron chi connectivity index (χ0n) is 14.6. The molecule has 0 radical (unpaired) electrons. The fraction of sp³-hybridized carbons (Fsp3) is 0.389. The minimum Gasteiger partial charge on any atom is -0.450 e. The molecular formula is C18H22ClN5O2. The van der Waals surface area contributed by atoms with Gasteiger partial charge in [0.15, 0.2) is 0 Å². The highest BCUT2D eigenvalue weighted by atomic mass is 35.5. The maximum Gasteiger partial charge on any atom is 0.409 e. The molecule has 0 unspecified atom stereocenters. The van der Waals surface area contributed by atoms with Crippen molar-refractivity contribution in [2.45, 2.75) is 25.8 Å². The van der Waals surface area contributed by atoms with E-state index < -0.39 is 0 Å². The molecule has 0 saturated carbocycles. The van der Waals surface area contributed by atoms with Crippen LogP contribution < -0.4 is 10.6 Å². The Balaban J connectivity index is 1.55. The van der Waals surface area contributed by atoms with Gasteiger partial charge in [0.05, 0.1) is 6.61 Å². The van der Waals surface area contributed by atoms with E-state index in [0.717, 1.165) is 18.5 Å². The number of benzene rings is 1. The number of ether oxygens (including phenoxy) is 1. The van der Waals surface area contributed by atoms with Crippen molar-refractivity contribution in [2.75, 3.05) is 30.3 Å². The highest BCUT2D eigenvalue weighted by Gasteiger charge is 2.23. The molecule has 1 aliphatic heterocycles. The second-order valence-electron chi connectivity index (χ2n) is 6.01. The van der Waals surface area contributed by atoms with Crippen LogP contribution in [0, 0.1) is 0 Å². The van der Waals surface area contributed by atoms with Gasteiger partial charge in [-0.1, -0.05) is 17.7 Å². The van der Waals surface area contributed by atoms with Gasteiger partial charge in [-0.05, 0) is 44.0 Å². The second kappa shape index (κ2) is 8.71. The summed E-state index contributed by atoms with van der Waals surface area (Å²) in [6.45, 7) is 3.54. The van der Waals surface area contributed by atoms with Gasteiger partial charge in [0, 0.05) is 36.0 Å². The molecule has 26 heavy (non-hydrogen) atoms. The third kappa shape index (κ3) is 4.98. The second-order valence-corrected chi connectivity index (χ2v) is 6.44. The van der Waals surface area contributed by atoms with Gasteiger partial charge in [0.25, 0.3) is 0 Å². The standard InChI is InChI=1S/C18H22ClN5O2/c1-2-26-18(25)24-10-7-14(8-11-24)22-17-20-9-6-16(23-17)21-15-5-3-4-13(19)12-15/h3-6,9,12,14H,2,7-8,10-11H2,1H3,(H2,20,21,22,23). The normalized spacial score (nSPS) is 14.8. The van der Waals surface area contributed by atoms with Crippen LogP contribution >= 0.6 is 11.6 Å². The topological polar surface area (TPSA) is 79.4 Å². The monoisotopic (exact) mass is 375 g/mol. The maximum absolute atomic E-state index is 11.7. The summed E-state index contributed by atoms with van der Waals surface area (Å²) in [5, 5.41) is 7.22. The SMILES string of the molecule is CCOC(=O)N1CCC(Nc2nccc(Nc3cccc(Cl)c3)n2)CC1. The third-order valence-electron chi connectivity index (χ3n) is 4.11. The zero-order valence-corrected chi connectivity index (χ0v) is 15.4. The molecule has 7 nitrogen and oxygen atoms in total. The number of likely N-dealkylation sites (tertiary alicyclic amines) is 1. The molecule has 1 saturated heterocycles. The van der Waals surface area contributed by atoms with Crippen LogP contribution in [0.1, 0.15) is 19.8 Å². The van der Waals surface area contributed by atoms with Crippen molar-refractivity contribution in [2.24, 2.45) is 0 Å². The first-order valence-corrected chi connectivity index (χ1v) is 9.05. The number of hydrogen-bond acceptors (Lipinski definition) is 6. The van der Waals surface area contributed by atoms with Crippen molar-refractivity contribution < 1.29 is 9.53 Å². The summed E-state index contributed by atoms with van der Waals surface area (Å²) in [6, 6.07) is 9.48. The van der Waals surface area contributed by atoms with Crippen LogP contribution in [0.25, 0.3) is 0 Å². The van der Waals surface area contributed by atoms with Crippen LogP contribution in [0.4, 0.5) is 22.2 Å². The molecule has 1 aromatic carbocycles. The smallest absolute Gasteiger partial charge is 0.409 e. The van der Waals surface area contributed by atoms with E-state index in [1.165, 1.54) is 0 Å². The quantitative estimate of drug-likeness (QED) is 0.824. The minimum absolute atomic E-state index is 0.224. The van der Waals surface area contributed by atoms with Crippen LogP contribution in [0.15, 0.2) is 36.5 Å². The van der Waals surface area contributed by atoms with Crippen molar-refractivity contribution in [1.29, 1.82) is 0 Å². The summed E-state index contributed by atoms with van der Waals surface area (Å²) >= 11 is 6.00.